The molecule has 1 fully saturated rings. The summed E-state index contributed by atoms with van der Waals surface area (Å²) in [5.41, 5.74) is 1.90. The molecule has 1 aromatic carbocycles. The third-order valence-corrected chi connectivity index (χ3v) is 6.17. The monoisotopic (exact) mass is 453 g/mol. The van der Waals surface area contributed by atoms with E-state index in [1.54, 1.807) is 24.2 Å². The molecule has 31 heavy (non-hydrogen) atoms. The maximum Gasteiger partial charge on any atom is 0.379 e. The highest BCUT2D eigenvalue weighted by molar-refractivity contribution is 8.26. The Morgan fingerprint density at radius 3 is 2.77 bits per heavy atom. The number of nitrogens with zero attached hydrogens (tertiary/aromatic N) is 1. The van der Waals surface area contributed by atoms with Crippen LogP contribution in [0.2, 0.25) is 0 Å². The number of amides is 1. The summed E-state index contributed by atoms with van der Waals surface area (Å²) in [5.74, 6) is -0.199. The van der Waals surface area contributed by atoms with E-state index >= 15 is 0 Å². The molecule has 2 aromatic rings. The van der Waals surface area contributed by atoms with Crippen molar-refractivity contribution in [1.82, 2.24) is 4.90 Å². The van der Waals surface area contributed by atoms with Crippen molar-refractivity contribution in [1.29, 1.82) is 0 Å². The van der Waals surface area contributed by atoms with E-state index in [0.29, 0.717) is 28.0 Å². The minimum absolute atomic E-state index is 0.118. The van der Waals surface area contributed by atoms with E-state index in [2.05, 4.69) is 0 Å². The predicted molar refractivity (Wildman–Crippen MR) is 121 cm³/mol. The van der Waals surface area contributed by atoms with Gasteiger partial charge >= 0.3 is 5.97 Å². The Hall–Kier alpha value is -2.94. The van der Waals surface area contributed by atoms with Gasteiger partial charge in [0.05, 0.1) is 17.7 Å². The Kier molecular flexibility index (Phi) is 6.50. The number of furan rings is 1. The molecule has 1 aliphatic carbocycles. The van der Waals surface area contributed by atoms with Crippen molar-refractivity contribution < 1.29 is 23.5 Å². The number of allylic oxidation sites excluding steroid dienone is 3. The summed E-state index contributed by atoms with van der Waals surface area (Å²) >= 11 is 6.70. The largest absolute Gasteiger partial charge is 0.457 e. The van der Waals surface area contributed by atoms with Crippen LogP contribution in [0.15, 0.2) is 87.6 Å². The van der Waals surface area contributed by atoms with Gasteiger partial charge in [-0.2, -0.15) is 0 Å². The first-order chi connectivity index (χ1) is 15.0. The van der Waals surface area contributed by atoms with Crippen LogP contribution in [0.25, 0.3) is 0 Å². The molecule has 1 amide bonds. The standard InChI is InChI=1S/C23H19NO5S2/c1-27-19-12-16(9-10-17(19)29-22(26)18-8-5-11-28-18)13-20-21(25)24(23(30)31-20)14-15-6-3-2-4-7-15/h2-11,13,19H,12,14H2,1H3/b20-13+. The van der Waals surface area contributed by atoms with E-state index in [1.165, 1.54) is 24.1 Å². The Labute approximate surface area is 189 Å². The molecular formula is C23H19NO5S2. The Bertz CT molecular complexity index is 1090. The van der Waals surface area contributed by atoms with Crippen molar-refractivity contribution in [3.8, 4) is 0 Å². The second-order valence-electron chi connectivity index (χ2n) is 6.86. The van der Waals surface area contributed by atoms with Crippen molar-refractivity contribution in [2.45, 2.75) is 19.1 Å². The number of methoxy groups -OCH3 is 1. The van der Waals surface area contributed by atoms with Crippen molar-refractivity contribution >= 4 is 40.2 Å². The molecule has 2 heterocycles. The third kappa shape index (κ3) is 4.87. The lowest BCUT2D eigenvalue weighted by molar-refractivity contribution is -0.122. The zero-order valence-corrected chi connectivity index (χ0v) is 18.3. The van der Waals surface area contributed by atoms with Gasteiger partial charge in [-0.1, -0.05) is 60.4 Å². The van der Waals surface area contributed by atoms with Crippen molar-refractivity contribution in [3.05, 3.63) is 94.5 Å². The summed E-state index contributed by atoms with van der Waals surface area (Å²) < 4.78 is 16.5. The van der Waals surface area contributed by atoms with E-state index in [9.17, 15) is 9.59 Å². The van der Waals surface area contributed by atoms with Crippen LogP contribution in [0, 0.1) is 0 Å². The van der Waals surface area contributed by atoms with Crippen molar-refractivity contribution in [2.24, 2.45) is 0 Å². The number of ether oxygens (including phenoxy) is 2. The number of carbonyl (C=O) groups is 2. The molecule has 1 aliphatic heterocycles. The zero-order chi connectivity index (χ0) is 21.8. The molecule has 0 spiro atoms. The summed E-state index contributed by atoms with van der Waals surface area (Å²) in [4.78, 5) is 27.2. The minimum Gasteiger partial charge on any atom is -0.457 e. The molecule has 0 N–H and O–H groups in total. The van der Waals surface area contributed by atoms with Gasteiger partial charge in [0.15, 0.2) is 0 Å². The van der Waals surface area contributed by atoms with Crippen molar-refractivity contribution in [2.75, 3.05) is 7.11 Å². The molecular weight excluding hydrogens is 434 g/mol. The first kappa shape index (κ1) is 21.3. The number of hydrogen-bond acceptors (Lipinski definition) is 7. The van der Waals surface area contributed by atoms with Crippen LogP contribution in [-0.2, 0) is 20.8 Å². The maximum atomic E-state index is 12.9. The highest BCUT2D eigenvalue weighted by Crippen LogP contribution is 2.34. The molecule has 1 aromatic heterocycles. The first-order valence-electron chi connectivity index (χ1n) is 9.53. The lowest BCUT2D eigenvalue weighted by Crippen LogP contribution is -2.27. The van der Waals surface area contributed by atoms with Crippen molar-refractivity contribution in [3.63, 3.8) is 0 Å². The SMILES string of the molecule is COC1CC(/C=C2/SC(=S)N(Cc3ccccc3)C2=O)=CC=C1OC(=O)c1ccco1. The van der Waals surface area contributed by atoms with E-state index in [-0.39, 0.29) is 11.7 Å². The van der Waals surface area contributed by atoms with Crippen LogP contribution < -0.4 is 0 Å². The second kappa shape index (κ2) is 9.47. The fourth-order valence-electron chi connectivity index (χ4n) is 3.21. The van der Waals surface area contributed by atoms with Gasteiger partial charge in [-0.15, -0.1) is 0 Å². The van der Waals surface area contributed by atoms with Crippen LogP contribution in [0.4, 0.5) is 0 Å². The number of esters is 1. The van der Waals surface area contributed by atoms with E-state index in [4.69, 9.17) is 26.1 Å². The Balaban J connectivity index is 1.48. The topological polar surface area (TPSA) is 69.0 Å². The van der Waals surface area contributed by atoms with Crippen LogP contribution in [0.5, 0.6) is 0 Å². The van der Waals surface area contributed by atoms with Crippen LogP contribution in [0.1, 0.15) is 22.5 Å². The number of hydrogen-bond donors (Lipinski definition) is 0. The highest BCUT2D eigenvalue weighted by Gasteiger charge is 2.33. The van der Waals surface area contributed by atoms with Gasteiger partial charge in [0.25, 0.3) is 5.91 Å². The van der Waals surface area contributed by atoms with E-state index in [0.717, 1.165) is 11.1 Å². The lowest BCUT2D eigenvalue weighted by Gasteiger charge is -2.22. The summed E-state index contributed by atoms with van der Waals surface area (Å²) in [6.07, 6.45) is 6.71. The molecule has 0 bridgehead atoms. The Morgan fingerprint density at radius 1 is 1.26 bits per heavy atom. The molecule has 2 aliphatic rings. The summed E-state index contributed by atoms with van der Waals surface area (Å²) in [7, 11) is 1.54. The van der Waals surface area contributed by atoms with Gasteiger partial charge in [-0.3, -0.25) is 9.69 Å². The molecule has 0 radical (unpaired) electrons. The average molecular weight is 454 g/mol. The lowest BCUT2D eigenvalue weighted by atomic mass is 10.0. The van der Waals surface area contributed by atoms with Crippen LogP contribution >= 0.6 is 24.0 Å². The highest BCUT2D eigenvalue weighted by atomic mass is 32.2. The van der Waals surface area contributed by atoms with Crippen LogP contribution in [0.3, 0.4) is 0 Å². The smallest absolute Gasteiger partial charge is 0.379 e. The molecule has 0 saturated carbocycles. The molecule has 1 unspecified atom stereocenters. The maximum absolute atomic E-state index is 12.9. The number of carbonyl (C=O) groups excluding carboxylic acids is 2. The fourth-order valence-corrected chi connectivity index (χ4v) is 4.48. The fraction of sp³-hybridized carbons (Fsp3) is 0.174. The molecule has 4 rings (SSSR count). The number of thioether (sulfide) groups is 1. The second-order valence-corrected chi connectivity index (χ2v) is 8.54. The molecule has 158 valence electrons. The summed E-state index contributed by atoms with van der Waals surface area (Å²) in [6.45, 7) is 0.440. The first-order valence-corrected chi connectivity index (χ1v) is 10.8. The van der Waals surface area contributed by atoms with E-state index < -0.39 is 12.1 Å². The summed E-state index contributed by atoms with van der Waals surface area (Å²) in [6, 6.07) is 12.9. The number of rotatable bonds is 6. The van der Waals surface area contributed by atoms with Gasteiger partial charge in [0, 0.05) is 13.5 Å². The van der Waals surface area contributed by atoms with Crippen LogP contribution in [-0.4, -0.2) is 34.3 Å². The Morgan fingerprint density at radius 2 is 2.06 bits per heavy atom. The average Bonchev–Trinajstić information content (AvgIpc) is 3.41. The normalized spacial score (nSPS) is 20.1. The quantitative estimate of drug-likeness (QED) is 0.359. The number of thiocarbonyl (C=S) groups is 1. The molecule has 1 atom stereocenters. The minimum atomic E-state index is -0.586. The van der Waals surface area contributed by atoms with Gasteiger partial charge in [0.2, 0.25) is 5.76 Å². The molecule has 6 nitrogen and oxygen atoms in total. The molecule has 8 heteroatoms. The zero-order valence-electron chi connectivity index (χ0n) is 16.6. The third-order valence-electron chi connectivity index (χ3n) is 4.79. The number of benzene rings is 1. The van der Waals surface area contributed by atoms with Gasteiger partial charge in [-0.25, -0.2) is 4.79 Å². The van der Waals surface area contributed by atoms with Gasteiger partial charge < -0.3 is 13.9 Å². The van der Waals surface area contributed by atoms with E-state index in [1.807, 2.05) is 42.5 Å². The predicted octanol–water partition coefficient (Wildman–Crippen LogP) is 4.61. The van der Waals surface area contributed by atoms with Gasteiger partial charge in [-0.05, 0) is 35.4 Å². The molecule has 1 saturated heterocycles. The van der Waals surface area contributed by atoms with Gasteiger partial charge in [0.1, 0.15) is 16.2 Å². The summed E-state index contributed by atoms with van der Waals surface area (Å²) in [5, 5.41) is 0.